The molecule has 0 N–H and O–H groups in total. The van der Waals surface area contributed by atoms with Crippen LogP contribution in [0, 0.1) is 13.8 Å². The molecular weight excluding hydrogens is 360 g/mol. The van der Waals surface area contributed by atoms with Gasteiger partial charge in [0.25, 0.3) is 0 Å². The van der Waals surface area contributed by atoms with Crippen LogP contribution in [0.4, 0.5) is 0 Å². The second-order valence-corrected chi connectivity index (χ2v) is 6.77. The number of carbonyl (C=O) groups excluding carboxylic acids is 3. The van der Waals surface area contributed by atoms with Crippen LogP contribution in [0.15, 0.2) is 78.9 Å². The average Bonchev–Trinajstić information content (AvgIpc) is 2.70. The monoisotopic (exact) mass is 388 g/mol. The number of hydrogen-bond acceptors (Lipinski definition) is 3. The highest BCUT2D eigenvalue weighted by Crippen LogP contribution is 2.03. The summed E-state index contributed by atoms with van der Waals surface area (Å²) < 4.78 is 0. The van der Waals surface area contributed by atoms with Crippen LogP contribution in [0.1, 0.15) is 63.0 Å². The summed E-state index contributed by atoms with van der Waals surface area (Å²) in [5.41, 5.74) is 4.71. The molecule has 0 aliphatic rings. The largest absolute Gasteiger partial charge is 0.295 e. The first kappa shape index (κ1) is 23.7. The van der Waals surface area contributed by atoms with E-state index in [0.717, 1.165) is 16.7 Å². The Morgan fingerprint density at radius 3 is 0.966 bits per heavy atom. The average molecular weight is 389 g/mol. The molecule has 3 aromatic rings. The van der Waals surface area contributed by atoms with Gasteiger partial charge in [0.1, 0.15) is 0 Å². The SMILES string of the molecule is CC(=O)c1ccc(C)cc1.CC(=O)c1ccc(C)cc1.CC(=O)c1ccccc1. The summed E-state index contributed by atoms with van der Waals surface area (Å²) in [6.45, 7) is 8.72. The Balaban J connectivity index is 0.000000218. The molecule has 0 aliphatic carbocycles. The standard InChI is InChI=1S/2C9H10O.C8H8O/c2*1-7-3-5-9(6-4-7)8(2)10;1-7(9)8-5-3-2-4-6-8/h2*3-6H,1-2H3;2-6H,1H3. The third-order valence-corrected chi connectivity index (χ3v) is 4.10. The Labute approximate surface area is 173 Å². The molecule has 3 aromatic carbocycles. The number of aryl methyl sites for hydroxylation is 2. The van der Waals surface area contributed by atoms with Crippen LogP contribution in [0.2, 0.25) is 0 Å². The molecule has 0 heterocycles. The molecule has 0 amide bonds. The molecule has 0 atom stereocenters. The number of benzene rings is 3. The van der Waals surface area contributed by atoms with Crippen LogP contribution >= 0.6 is 0 Å². The van der Waals surface area contributed by atoms with E-state index in [9.17, 15) is 14.4 Å². The van der Waals surface area contributed by atoms with Gasteiger partial charge in [0.15, 0.2) is 17.3 Å². The van der Waals surface area contributed by atoms with E-state index in [1.54, 1.807) is 20.8 Å². The van der Waals surface area contributed by atoms with Crippen molar-refractivity contribution in [2.75, 3.05) is 0 Å². The van der Waals surface area contributed by atoms with E-state index >= 15 is 0 Å². The van der Waals surface area contributed by atoms with Gasteiger partial charge in [0.05, 0.1) is 0 Å². The van der Waals surface area contributed by atoms with Crippen molar-refractivity contribution in [1.82, 2.24) is 0 Å². The number of hydrogen-bond donors (Lipinski definition) is 0. The zero-order valence-corrected chi connectivity index (χ0v) is 17.7. The third kappa shape index (κ3) is 9.43. The van der Waals surface area contributed by atoms with E-state index in [2.05, 4.69) is 0 Å². The van der Waals surface area contributed by atoms with Crippen LogP contribution in [0.3, 0.4) is 0 Å². The van der Waals surface area contributed by atoms with Crippen LogP contribution < -0.4 is 0 Å². The minimum atomic E-state index is 0.121. The van der Waals surface area contributed by atoms with Crippen LogP contribution in [0.5, 0.6) is 0 Å². The summed E-state index contributed by atoms with van der Waals surface area (Å²) in [5.74, 6) is 0.371. The summed E-state index contributed by atoms with van der Waals surface area (Å²) in [4.78, 5) is 32.2. The zero-order chi connectivity index (χ0) is 21.8. The quantitative estimate of drug-likeness (QED) is 0.496. The number of Topliss-reactive ketones (excluding diaryl/α,β-unsaturated/α-hetero) is 3. The van der Waals surface area contributed by atoms with Gasteiger partial charge < -0.3 is 0 Å². The lowest BCUT2D eigenvalue weighted by molar-refractivity contribution is 0.100. The smallest absolute Gasteiger partial charge is 0.159 e. The second-order valence-electron chi connectivity index (χ2n) is 6.77. The maximum Gasteiger partial charge on any atom is 0.159 e. The molecule has 0 saturated carbocycles. The van der Waals surface area contributed by atoms with Crippen LogP contribution in [-0.4, -0.2) is 17.3 Å². The minimum Gasteiger partial charge on any atom is -0.295 e. The first-order valence-electron chi connectivity index (χ1n) is 9.42. The lowest BCUT2D eigenvalue weighted by Crippen LogP contribution is -1.90. The van der Waals surface area contributed by atoms with Gasteiger partial charge in [-0.05, 0) is 34.6 Å². The molecule has 0 spiro atoms. The lowest BCUT2D eigenvalue weighted by Gasteiger charge is -1.94. The molecule has 0 radical (unpaired) electrons. The van der Waals surface area contributed by atoms with Crippen LogP contribution in [-0.2, 0) is 0 Å². The van der Waals surface area contributed by atoms with Crippen molar-refractivity contribution in [2.24, 2.45) is 0 Å². The minimum absolute atomic E-state index is 0.121. The second kappa shape index (κ2) is 12.2. The molecule has 0 fully saturated rings. The van der Waals surface area contributed by atoms with Crippen molar-refractivity contribution < 1.29 is 14.4 Å². The molecule has 0 aliphatic heterocycles. The molecule has 3 rings (SSSR count). The zero-order valence-electron chi connectivity index (χ0n) is 17.7. The topological polar surface area (TPSA) is 51.2 Å². The van der Waals surface area contributed by atoms with E-state index in [1.807, 2.05) is 92.7 Å². The normalized spacial score (nSPS) is 9.28. The molecule has 3 heteroatoms. The Bertz CT molecular complexity index is 866. The highest BCUT2D eigenvalue weighted by Gasteiger charge is 1.96. The predicted octanol–water partition coefficient (Wildman–Crippen LogP) is 6.28. The number of ketones is 3. The highest BCUT2D eigenvalue weighted by molar-refractivity contribution is 5.94. The van der Waals surface area contributed by atoms with Crippen molar-refractivity contribution in [3.05, 3.63) is 107 Å². The Kier molecular flexibility index (Phi) is 9.97. The lowest BCUT2D eigenvalue weighted by atomic mass is 10.1. The molecule has 0 saturated heterocycles. The summed E-state index contributed by atoms with van der Waals surface area (Å²) in [7, 11) is 0. The highest BCUT2D eigenvalue weighted by atomic mass is 16.1. The molecule has 3 nitrogen and oxygen atoms in total. The molecule has 29 heavy (non-hydrogen) atoms. The fourth-order valence-electron chi connectivity index (χ4n) is 2.25. The summed E-state index contributed by atoms with van der Waals surface area (Å²) >= 11 is 0. The predicted molar refractivity (Wildman–Crippen MR) is 119 cm³/mol. The van der Waals surface area contributed by atoms with E-state index in [1.165, 1.54) is 11.1 Å². The van der Waals surface area contributed by atoms with Crippen molar-refractivity contribution >= 4 is 17.3 Å². The number of carbonyl (C=O) groups is 3. The Hall–Kier alpha value is -3.33. The first-order valence-corrected chi connectivity index (χ1v) is 9.42. The van der Waals surface area contributed by atoms with Crippen LogP contribution in [0.25, 0.3) is 0 Å². The molecule has 0 aromatic heterocycles. The summed E-state index contributed by atoms with van der Waals surface area (Å²) in [5, 5.41) is 0. The molecule has 0 bridgehead atoms. The van der Waals surface area contributed by atoms with E-state index < -0.39 is 0 Å². The fraction of sp³-hybridized carbons (Fsp3) is 0.192. The van der Waals surface area contributed by atoms with Gasteiger partial charge in [-0.15, -0.1) is 0 Å². The fourth-order valence-corrected chi connectivity index (χ4v) is 2.25. The van der Waals surface area contributed by atoms with Gasteiger partial charge >= 0.3 is 0 Å². The van der Waals surface area contributed by atoms with E-state index in [4.69, 9.17) is 0 Å². The molecular formula is C26H28O3. The van der Waals surface area contributed by atoms with E-state index in [0.29, 0.717) is 0 Å². The molecule has 150 valence electrons. The summed E-state index contributed by atoms with van der Waals surface area (Å²) in [6.07, 6.45) is 0. The van der Waals surface area contributed by atoms with Gasteiger partial charge in [-0.2, -0.15) is 0 Å². The number of rotatable bonds is 3. The Morgan fingerprint density at radius 1 is 0.448 bits per heavy atom. The maximum absolute atomic E-state index is 10.8. The van der Waals surface area contributed by atoms with E-state index in [-0.39, 0.29) is 17.3 Å². The van der Waals surface area contributed by atoms with Gasteiger partial charge in [-0.25, -0.2) is 0 Å². The van der Waals surface area contributed by atoms with Gasteiger partial charge in [0, 0.05) is 16.7 Å². The van der Waals surface area contributed by atoms with Crippen molar-refractivity contribution in [2.45, 2.75) is 34.6 Å². The van der Waals surface area contributed by atoms with Gasteiger partial charge in [0.2, 0.25) is 0 Å². The van der Waals surface area contributed by atoms with Gasteiger partial charge in [-0.3, -0.25) is 14.4 Å². The van der Waals surface area contributed by atoms with Crippen molar-refractivity contribution in [3.63, 3.8) is 0 Å². The third-order valence-electron chi connectivity index (χ3n) is 4.10. The maximum atomic E-state index is 10.8. The van der Waals surface area contributed by atoms with Crippen molar-refractivity contribution in [3.8, 4) is 0 Å². The first-order chi connectivity index (χ1) is 13.7. The van der Waals surface area contributed by atoms with Gasteiger partial charge in [-0.1, -0.05) is 90.0 Å². The molecule has 0 unspecified atom stereocenters. The summed E-state index contributed by atoms with van der Waals surface area (Å²) in [6, 6.07) is 24.4. The Morgan fingerprint density at radius 2 is 0.724 bits per heavy atom. The van der Waals surface area contributed by atoms with Crippen molar-refractivity contribution in [1.29, 1.82) is 0 Å².